The van der Waals surface area contributed by atoms with Crippen LogP contribution in [0.1, 0.15) is 12.0 Å². The number of benzene rings is 3. The van der Waals surface area contributed by atoms with Crippen molar-refractivity contribution in [2.24, 2.45) is 5.73 Å². The third-order valence-electron chi connectivity index (χ3n) is 4.70. The molecule has 4 rings (SSSR count). The smallest absolute Gasteiger partial charge is 0.261 e. The van der Waals surface area contributed by atoms with E-state index >= 15 is 0 Å². The predicted octanol–water partition coefficient (Wildman–Crippen LogP) is 3.87. The van der Waals surface area contributed by atoms with Gasteiger partial charge in [0.15, 0.2) is 0 Å². The Balaban J connectivity index is 1.99. The first kappa shape index (κ1) is 16.5. The summed E-state index contributed by atoms with van der Waals surface area (Å²) in [4.78, 5) is 18.0. The monoisotopic (exact) mass is 343 g/mol. The van der Waals surface area contributed by atoms with Crippen molar-refractivity contribution in [1.29, 1.82) is 0 Å². The largest absolute Gasteiger partial charge is 0.330 e. The van der Waals surface area contributed by atoms with Gasteiger partial charge in [-0.3, -0.25) is 9.36 Å². The van der Waals surface area contributed by atoms with Crippen molar-refractivity contribution in [2.75, 3.05) is 6.54 Å². The molecule has 0 aliphatic heterocycles. The summed E-state index contributed by atoms with van der Waals surface area (Å²) >= 11 is 0. The molecule has 0 spiro atoms. The minimum Gasteiger partial charge on any atom is -0.330 e. The molecule has 2 N–H and O–H groups in total. The van der Waals surface area contributed by atoms with E-state index in [1.54, 1.807) is 4.57 Å². The summed E-state index contributed by atoms with van der Waals surface area (Å²) in [6.45, 7) is 3.09. The number of fused-ring (bicyclic) bond motifs is 2. The third-order valence-corrected chi connectivity index (χ3v) is 4.70. The van der Waals surface area contributed by atoms with Gasteiger partial charge in [0.05, 0.1) is 10.9 Å². The zero-order chi connectivity index (χ0) is 18.1. The van der Waals surface area contributed by atoms with E-state index in [-0.39, 0.29) is 5.56 Å². The van der Waals surface area contributed by atoms with Gasteiger partial charge in [-0.25, -0.2) is 4.98 Å². The van der Waals surface area contributed by atoms with Crippen molar-refractivity contribution in [3.05, 3.63) is 76.6 Å². The van der Waals surface area contributed by atoms with Crippen molar-refractivity contribution in [3.63, 3.8) is 0 Å². The zero-order valence-electron chi connectivity index (χ0n) is 14.8. The third kappa shape index (κ3) is 2.89. The second kappa shape index (κ2) is 6.73. The van der Waals surface area contributed by atoms with Crippen LogP contribution in [0.15, 0.2) is 65.5 Å². The molecule has 130 valence electrons. The quantitative estimate of drug-likeness (QED) is 0.612. The summed E-state index contributed by atoms with van der Waals surface area (Å²) in [5, 5.41) is 2.96. The van der Waals surface area contributed by atoms with Gasteiger partial charge in [0.25, 0.3) is 5.56 Å². The Morgan fingerprint density at radius 2 is 1.81 bits per heavy atom. The van der Waals surface area contributed by atoms with Crippen LogP contribution in [0.4, 0.5) is 0 Å². The highest BCUT2D eigenvalue weighted by atomic mass is 16.1. The molecule has 26 heavy (non-hydrogen) atoms. The molecule has 0 aliphatic rings. The maximum absolute atomic E-state index is 13.1. The van der Waals surface area contributed by atoms with Gasteiger partial charge in [-0.05, 0) is 48.9 Å². The van der Waals surface area contributed by atoms with Gasteiger partial charge >= 0.3 is 0 Å². The Labute approximate surface area is 151 Å². The molecule has 0 amide bonds. The van der Waals surface area contributed by atoms with Gasteiger partial charge < -0.3 is 5.73 Å². The molecule has 0 saturated heterocycles. The van der Waals surface area contributed by atoms with E-state index in [1.807, 2.05) is 43.3 Å². The molecule has 4 nitrogen and oxygen atoms in total. The van der Waals surface area contributed by atoms with Gasteiger partial charge in [-0.2, -0.15) is 0 Å². The van der Waals surface area contributed by atoms with E-state index in [4.69, 9.17) is 10.7 Å². The van der Waals surface area contributed by atoms with E-state index in [9.17, 15) is 4.79 Å². The molecule has 0 radical (unpaired) electrons. The fourth-order valence-electron chi connectivity index (χ4n) is 3.34. The molecule has 3 aromatic carbocycles. The number of aromatic nitrogens is 2. The Morgan fingerprint density at radius 3 is 2.62 bits per heavy atom. The van der Waals surface area contributed by atoms with Crippen LogP contribution in [0.25, 0.3) is 33.1 Å². The second-order valence-electron chi connectivity index (χ2n) is 6.62. The average Bonchev–Trinajstić information content (AvgIpc) is 2.67. The lowest BCUT2D eigenvalue weighted by Gasteiger charge is -2.14. The number of aryl methyl sites for hydroxylation is 1. The molecule has 0 unspecified atom stereocenters. The summed E-state index contributed by atoms with van der Waals surface area (Å²) in [6, 6.07) is 20.2. The molecule has 0 aliphatic carbocycles. The minimum absolute atomic E-state index is 0.00434. The molecule has 0 bridgehead atoms. The topological polar surface area (TPSA) is 60.9 Å². The van der Waals surface area contributed by atoms with Crippen molar-refractivity contribution >= 4 is 21.7 Å². The summed E-state index contributed by atoms with van der Waals surface area (Å²) in [5.41, 5.74) is 8.42. The standard InChI is InChI=1S/C22H21N3O/c1-15-7-10-20-19(13-15)22(26)25(12-4-11-23)21(24-20)18-9-8-16-5-2-3-6-17(16)14-18/h2-3,5-10,13-14H,4,11-12,23H2,1H3. The lowest BCUT2D eigenvalue weighted by atomic mass is 10.1. The van der Waals surface area contributed by atoms with Crippen LogP contribution in [0.3, 0.4) is 0 Å². The molecule has 0 atom stereocenters. The second-order valence-corrected chi connectivity index (χ2v) is 6.62. The van der Waals surface area contributed by atoms with Gasteiger partial charge in [-0.1, -0.05) is 48.0 Å². The minimum atomic E-state index is -0.00434. The highest BCUT2D eigenvalue weighted by Gasteiger charge is 2.13. The Hall–Kier alpha value is -2.98. The summed E-state index contributed by atoms with van der Waals surface area (Å²) in [7, 11) is 0. The van der Waals surface area contributed by atoms with Gasteiger partial charge in [0, 0.05) is 12.1 Å². The van der Waals surface area contributed by atoms with E-state index in [1.165, 1.54) is 5.39 Å². The van der Waals surface area contributed by atoms with E-state index in [2.05, 4.69) is 24.3 Å². The zero-order valence-corrected chi connectivity index (χ0v) is 14.8. The van der Waals surface area contributed by atoms with Gasteiger partial charge in [-0.15, -0.1) is 0 Å². The van der Waals surface area contributed by atoms with Crippen LogP contribution in [-0.2, 0) is 6.54 Å². The molecular formula is C22H21N3O. The number of rotatable bonds is 4. The Morgan fingerprint density at radius 1 is 1.00 bits per heavy atom. The summed E-state index contributed by atoms with van der Waals surface area (Å²) < 4.78 is 1.76. The molecule has 1 aromatic heterocycles. The maximum Gasteiger partial charge on any atom is 0.261 e. The van der Waals surface area contributed by atoms with Crippen LogP contribution >= 0.6 is 0 Å². The molecule has 0 saturated carbocycles. The van der Waals surface area contributed by atoms with Crippen LogP contribution in [0, 0.1) is 6.92 Å². The normalized spacial score (nSPS) is 11.3. The molecule has 4 heteroatoms. The van der Waals surface area contributed by atoms with Gasteiger partial charge in [0.1, 0.15) is 5.82 Å². The van der Waals surface area contributed by atoms with Crippen LogP contribution in [-0.4, -0.2) is 16.1 Å². The van der Waals surface area contributed by atoms with Crippen molar-refractivity contribution in [2.45, 2.75) is 19.9 Å². The van der Waals surface area contributed by atoms with E-state index < -0.39 is 0 Å². The predicted molar refractivity (Wildman–Crippen MR) is 107 cm³/mol. The van der Waals surface area contributed by atoms with Crippen LogP contribution < -0.4 is 11.3 Å². The van der Waals surface area contributed by atoms with Crippen molar-refractivity contribution in [3.8, 4) is 11.4 Å². The lowest BCUT2D eigenvalue weighted by molar-refractivity contribution is 0.632. The van der Waals surface area contributed by atoms with Crippen molar-refractivity contribution in [1.82, 2.24) is 9.55 Å². The Kier molecular flexibility index (Phi) is 4.27. The number of nitrogens with zero attached hydrogens (tertiary/aromatic N) is 2. The number of hydrogen-bond acceptors (Lipinski definition) is 3. The SMILES string of the molecule is Cc1ccc2nc(-c3ccc4ccccc4c3)n(CCCN)c(=O)c2c1. The first-order chi connectivity index (χ1) is 12.7. The molecule has 1 heterocycles. The highest BCUT2D eigenvalue weighted by molar-refractivity contribution is 5.87. The van der Waals surface area contributed by atoms with E-state index in [0.29, 0.717) is 24.3 Å². The number of hydrogen-bond donors (Lipinski definition) is 1. The molecule has 4 aromatic rings. The lowest BCUT2D eigenvalue weighted by Crippen LogP contribution is -2.24. The highest BCUT2D eigenvalue weighted by Crippen LogP contribution is 2.24. The fraction of sp³-hybridized carbons (Fsp3) is 0.182. The van der Waals surface area contributed by atoms with Crippen molar-refractivity contribution < 1.29 is 0 Å². The summed E-state index contributed by atoms with van der Waals surface area (Å²) in [6.07, 6.45) is 0.736. The fourth-order valence-corrected chi connectivity index (χ4v) is 3.34. The van der Waals surface area contributed by atoms with Crippen LogP contribution in [0.2, 0.25) is 0 Å². The first-order valence-corrected chi connectivity index (χ1v) is 8.88. The van der Waals surface area contributed by atoms with E-state index in [0.717, 1.165) is 28.5 Å². The maximum atomic E-state index is 13.1. The van der Waals surface area contributed by atoms with Crippen LogP contribution in [0.5, 0.6) is 0 Å². The summed E-state index contributed by atoms with van der Waals surface area (Å²) in [5.74, 6) is 0.700. The first-order valence-electron chi connectivity index (χ1n) is 8.88. The number of nitrogens with two attached hydrogens (primary N) is 1. The molecule has 0 fully saturated rings. The average molecular weight is 343 g/mol. The Bertz CT molecular complexity index is 1160. The van der Waals surface area contributed by atoms with Gasteiger partial charge in [0.2, 0.25) is 0 Å². The molecular weight excluding hydrogens is 322 g/mol.